The van der Waals surface area contributed by atoms with Crippen molar-refractivity contribution in [3.8, 4) is 5.69 Å². The van der Waals surface area contributed by atoms with Crippen LogP contribution in [0.15, 0.2) is 53.0 Å². The van der Waals surface area contributed by atoms with Crippen molar-refractivity contribution in [1.82, 2.24) is 24.0 Å². The topological polar surface area (TPSA) is 91.6 Å². The molecular weight excluding hydrogens is 525 g/mol. The smallest absolute Gasteiger partial charge is 0.261 e. The predicted molar refractivity (Wildman–Crippen MR) is 144 cm³/mol. The first kappa shape index (κ1) is 25.6. The maximum Gasteiger partial charge on any atom is 0.261 e. The first-order valence-electron chi connectivity index (χ1n) is 12.8. The molecule has 8 nitrogen and oxygen atoms in total. The number of sulfonamides is 1. The van der Waals surface area contributed by atoms with E-state index in [1.165, 1.54) is 23.5 Å². The van der Waals surface area contributed by atoms with Crippen LogP contribution in [0.3, 0.4) is 0 Å². The number of rotatable bonds is 6. The van der Waals surface area contributed by atoms with Gasteiger partial charge in [0.05, 0.1) is 28.5 Å². The number of nitrogens with zero attached hydrogens (tertiary/aromatic N) is 5. The van der Waals surface area contributed by atoms with Crippen LogP contribution >= 0.6 is 11.3 Å². The summed E-state index contributed by atoms with van der Waals surface area (Å²) in [6, 6.07) is 10.3. The molecule has 0 radical (unpaired) electrons. The SMILES string of the molecule is Cc1nc(S(=O)(=O)N2CCN(CC3CC(O)C3)[C@H](c3cc4cnn(-c5ccc(F)cc5)c4cc3C)C2)cs1. The Balaban J connectivity index is 1.36. The maximum atomic E-state index is 13.5. The van der Waals surface area contributed by atoms with Gasteiger partial charge in [-0.25, -0.2) is 22.5 Å². The molecular formula is C27H30FN5O3S2. The number of halogens is 1. The second-order valence-corrected chi connectivity index (χ2v) is 13.3. The highest BCUT2D eigenvalue weighted by Gasteiger charge is 2.39. The van der Waals surface area contributed by atoms with Gasteiger partial charge in [0.2, 0.25) is 0 Å². The van der Waals surface area contributed by atoms with Crippen LogP contribution in [-0.2, 0) is 10.0 Å². The van der Waals surface area contributed by atoms with E-state index >= 15 is 0 Å². The summed E-state index contributed by atoms with van der Waals surface area (Å²) in [5, 5.41) is 17.8. The molecule has 200 valence electrons. The van der Waals surface area contributed by atoms with Gasteiger partial charge in [0.15, 0.2) is 5.03 Å². The summed E-state index contributed by atoms with van der Waals surface area (Å²) in [7, 11) is -3.71. The molecule has 2 aromatic heterocycles. The Bertz CT molecular complexity index is 1580. The fourth-order valence-electron chi connectivity index (χ4n) is 5.65. The second-order valence-electron chi connectivity index (χ2n) is 10.4. The van der Waals surface area contributed by atoms with E-state index in [1.807, 2.05) is 13.8 Å². The van der Waals surface area contributed by atoms with Gasteiger partial charge in [-0.15, -0.1) is 11.3 Å². The summed E-state index contributed by atoms with van der Waals surface area (Å²) in [6.45, 7) is 5.99. The van der Waals surface area contributed by atoms with Gasteiger partial charge in [0, 0.05) is 43.0 Å². The van der Waals surface area contributed by atoms with Crippen LogP contribution in [0.25, 0.3) is 16.6 Å². The molecule has 4 aromatic rings. The molecule has 2 aliphatic rings. The zero-order valence-corrected chi connectivity index (χ0v) is 22.9. The highest BCUT2D eigenvalue weighted by atomic mass is 32.2. The summed E-state index contributed by atoms with van der Waals surface area (Å²) in [5.74, 6) is 0.106. The number of benzene rings is 2. The zero-order valence-electron chi connectivity index (χ0n) is 21.3. The highest BCUT2D eigenvalue weighted by molar-refractivity contribution is 7.89. The molecule has 6 rings (SSSR count). The molecule has 1 N–H and O–H groups in total. The molecule has 2 fully saturated rings. The second kappa shape index (κ2) is 9.80. The number of fused-ring (bicyclic) bond motifs is 1. The number of aromatic nitrogens is 3. The van der Waals surface area contributed by atoms with E-state index in [2.05, 4.69) is 27.1 Å². The van der Waals surface area contributed by atoms with Crippen LogP contribution in [-0.4, -0.2) is 69.8 Å². The van der Waals surface area contributed by atoms with E-state index in [0.29, 0.717) is 25.6 Å². The first-order chi connectivity index (χ1) is 18.2. The molecule has 1 saturated carbocycles. The van der Waals surface area contributed by atoms with Crippen molar-refractivity contribution >= 4 is 32.3 Å². The van der Waals surface area contributed by atoms with E-state index in [9.17, 15) is 17.9 Å². The van der Waals surface area contributed by atoms with E-state index in [0.717, 1.165) is 52.1 Å². The van der Waals surface area contributed by atoms with Gasteiger partial charge in [-0.3, -0.25) is 4.90 Å². The van der Waals surface area contributed by atoms with Crippen LogP contribution in [0.4, 0.5) is 4.39 Å². The average Bonchev–Trinajstić information content (AvgIpc) is 3.50. The van der Waals surface area contributed by atoms with Crippen molar-refractivity contribution in [1.29, 1.82) is 0 Å². The van der Waals surface area contributed by atoms with E-state index < -0.39 is 10.0 Å². The molecule has 1 aliphatic heterocycles. The highest BCUT2D eigenvalue weighted by Crippen LogP contribution is 2.36. The number of aliphatic hydroxyl groups excluding tert-OH is 1. The van der Waals surface area contributed by atoms with Crippen molar-refractivity contribution in [2.75, 3.05) is 26.2 Å². The fourth-order valence-corrected chi connectivity index (χ4v) is 7.99. The molecule has 0 amide bonds. The van der Waals surface area contributed by atoms with Crippen LogP contribution in [0.1, 0.15) is 35.0 Å². The Hall–Kier alpha value is -2.70. The normalized spacial score (nSPS) is 23.1. The minimum atomic E-state index is -3.71. The lowest BCUT2D eigenvalue weighted by molar-refractivity contribution is 0.00593. The van der Waals surface area contributed by atoms with E-state index in [1.54, 1.807) is 32.7 Å². The van der Waals surface area contributed by atoms with E-state index in [4.69, 9.17) is 0 Å². The lowest BCUT2D eigenvalue weighted by atomic mass is 9.81. The van der Waals surface area contributed by atoms with Gasteiger partial charge in [-0.2, -0.15) is 9.40 Å². The van der Waals surface area contributed by atoms with Crippen LogP contribution < -0.4 is 0 Å². The number of aryl methyl sites for hydroxylation is 2. The molecule has 0 unspecified atom stereocenters. The van der Waals surface area contributed by atoms with E-state index in [-0.39, 0.29) is 23.0 Å². The average molecular weight is 556 g/mol. The van der Waals surface area contributed by atoms with Gasteiger partial charge < -0.3 is 5.11 Å². The Labute approximate surface area is 225 Å². The van der Waals surface area contributed by atoms with Gasteiger partial charge >= 0.3 is 0 Å². The minimum Gasteiger partial charge on any atom is -0.393 e. The number of thiazole rings is 1. The largest absolute Gasteiger partial charge is 0.393 e. The Kier molecular flexibility index (Phi) is 6.59. The number of hydrogen-bond donors (Lipinski definition) is 1. The molecule has 0 spiro atoms. The summed E-state index contributed by atoms with van der Waals surface area (Å²) < 4.78 is 43.8. The van der Waals surface area contributed by atoms with Crippen molar-refractivity contribution in [2.45, 2.75) is 43.9 Å². The molecule has 1 saturated heterocycles. The maximum absolute atomic E-state index is 13.5. The molecule has 0 bridgehead atoms. The molecule has 3 heterocycles. The molecule has 11 heteroatoms. The third kappa shape index (κ3) is 4.66. The fraction of sp³-hybridized carbons (Fsp3) is 0.407. The number of hydrogen-bond acceptors (Lipinski definition) is 7. The van der Waals surface area contributed by atoms with Gasteiger partial charge in [-0.1, -0.05) is 0 Å². The minimum absolute atomic E-state index is 0.113. The summed E-state index contributed by atoms with van der Waals surface area (Å²) in [4.78, 5) is 6.63. The van der Waals surface area contributed by atoms with Crippen LogP contribution in [0.2, 0.25) is 0 Å². The van der Waals surface area contributed by atoms with Gasteiger partial charge in [-0.05, 0) is 80.1 Å². The van der Waals surface area contributed by atoms with Crippen molar-refractivity contribution < 1.29 is 17.9 Å². The summed E-state index contributed by atoms with van der Waals surface area (Å²) >= 11 is 1.34. The van der Waals surface area contributed by atoms with Crippen molar-refractivity contribution in [2.24, 2.45) is 5.92 Å². The molecule has 1 atom stereocenters. The predicted octanol–water partition coefficient (Wildman–Crippen LogP) is 4.06. The first-order valence-corrected chi connectivity index (χ1v) is 15.1. The van der Waals surface area contributed by atoms with Crippen molar-refractivity contribution in [3.05, 3.63) is 69.9 Å². The lowest BCUT2D eigenvalue weighted by Crippen LogP contribution is -2.52. The van der Waals surface area contributed by atoms with Gasteiger partial charge in [0.25, 0.3) is 10.0 Å². The Morgan fingerprint density at radius 1 is 1.13 bits per heavy atom. The third-order valence-electron chi connectivity index (χ3n) is 7.75. The summed E-state index contributed by atoms with van der Waals surface area (Å²) in [6.07, 6.45) is 3.13. The Morgan fingerprint density at radius 3 is 2.58 bits per heavy atom. The molecule has 38 heavy (non-hydrogen) atoms. The standard InChI is InChI=1S/C27H30FN5O3S2/c1-17-9-25-20(13-29-33(25)22-5-3-21(28)4-6-22)12-24(17)26-15-32(38(35,36)27-16-37-18(2)30-27)8-7-31(26)14-19-10-23(34)11-19/h3-6,9,12-13,16,19,23,26,34H,7-8,10-11,14-15H2,1-2H3/t19?,23?,26-/m0/s1. The van der Waals surface area contributed by atoms with Crippen LogP contribution in [0, 0.1) is 25.6 Å². The molecule has 2 aromatic carbocycles. The van der Waals surface area contributed by atoms with Crippen LogP contribution in [0.5, 0.6) is 0 Å². The third-order valence-corrected chi connectivity index (χ3v) is 10.4. The Morgan fingerprint density at radius 2 is 1.89 bits per heavy atom. The van der Waals surface area contributed by atoms with Gasteiger partial charge in [0.1, 0.15) is 5.82 Å². The number of piperazine rings is 1. The van der Waals surface area contributed by atoms with Crippen molar-refractivity contribution in [3.63, 3.8) is 0 Å². The summed E-state index contributed by atoms with van der Waals surface area (Å²) in [5.41, 5.74) is 3.77. The lowest BCUT2D eigenvalue weighted by Gasteiger charge is -2.44. The molecule has 1 aliphatic carbocycles. The monoisotopic (exact) mass is 555 g/mol. The zero-order chi connectivity index (χ0) is 26.6. The quantitative estimate of drug-likeness (QED) is 0.386. The number of aliphatic hydroxyl groups is 1.